The van der Waals surface area contributed by atoms with Gasteiger partial charge >= 0.3 is 0 Å². The summed E-state index contributed by atoms with van der Waals surface area (Å²) in [6.07, 6.45) is 6.18. The van der Waals surface area contributed by atoms with Gasteiger partial charge in [0.1, 0.15) is 0 Å². The first-order chi connectivity index (χ1) is 5.42. The Labute approximate surface area is 67.4 Å². The van der Waals surface area contributed by atoms with Crippen LogP contribution in [0.25, 0.3) is 0 Å². The van der Waals surface area contributed by atoms with Gasteiger partial charge in [0.15, 0.2) is 12.7 Å². The predicted molar refractivity (Wildman–Crippen MR) is 43.2 cm³/mol. The van der Waals surface area contributed by atoms with E-state index < -0.39 is 0 Å². The molecule has 2 heteroatoms. The summed E-state index contributed by atoms with van der Waals surface area (Å²) < 4.78 is 4.71. The second-order valence-electron chi connectivity index (χ2n) is 3.14. The summed E-state index contributed by atoms with van der Waals surface area (Å²) in [7, 11) is 0. The van der Waals surface area contributed by atoms with E-state index in [1.807, 2.05) is 0 Å². The van der Waals surface area contributed by atoms with Gasteiger partial charge in [-0.2, -0.15) is 4.68 Å². The van der Waals surface area contributed by atoms with Crippen LogP contribution in [0, 0.1) is 0 Å². The van der Waals surface area contributed by atoms with Crippen molar-refractivity contribution in [3.63, 3.8) is 0 Å². The summed E-state index contributed by atoms with van der Waals surface area (Å²) in [6.45, 7) is 4.51. The molecule has 2 nitrogen and oxygen atoms in total. The van der Waals surface area contributed by atoms with Crippen molar-refractivity contribution in [2.75, 3.05) is 0 Å². The van der Waals surface area contributed by atoms with E-state index >= 15 is 0 Å². The highest BCUT2D eigenvalue weighted by Crippen LogP contribution is 2.11. The Morgan fingerprint density at radius 1 is 1.55 bits per heavy atom. The van der Waals surface area contributed by atoms with Crippen LogP contribution in [-0.4, -0.2) is 4.68 Å². The molecule has 0 saturated carbocycles. The fraction of sp³-hybridized carbons (Fsp3) is 0.667. The number of hydrogen-bond acceptors (Lipinski definition) is 0. The highest BCUT2D eigenvalue weighted by molar-refractivity contribution is 4.98. The minimum atomic E-state index is 1.10. The third-order valence-electron chi connectivity index (χ3n) is 2.46. The monoisotopic (exact) mass is 151 g/mol. The van der Waals surface area contributed by atoms with Gasteiger partial charge in [0.25, 0.3) is 0 Å². The molecule has 2 heterocycles. The summed E-state index contributed by atoms with van der Waals surface area (Å²) in [5, 5.41) is 0. The van der Waals surface area contributed by atoms with Crippen LogP contribution in [0.15, 0.2) is 12.3 Å². The Morgan fingerprint density at radius 3 is 3.27 bits per heavy atom. The van der Waals surface area contributed by atoms with Gasteiger partial charge < -0.3 is 0 Å². The number of aromatic nitrogens is 2. The van der Waals surface area contributed by atoms with E-state index in [0.717, 1.165) is 6.54 Å². The van der Waals surface area contributed by atoms with Crippen LogP contribution in [-0.2, 0) is 19.5 Å². The minimum absolute atomic E-state index is 1.10. The summed E-state index contributed by atoms with van der Waals surface area (Å²) in [5.74, 6) is 0. The Kier molecular flexibility index (Phi) is 1.68. The van der Waals surface area contributed by atoms with Gasteiger partial charge in [-0.3, -0.25) is 0 Å². The Hall–Kier alpha value is -0.790. The molecule has 0 fully saturated rings. The maximum Gasteiger partial charge on any atom is 0.195 e. The maximum absolute atomic E-state index is 2.41. The van der Waals surface area contributed by atoms with Crippen molar-refractivity contribution in [3.8, 4) is 0 Å². The van der Waals surface area contributed by atoms with Gasteiger partial charge in [-0.1, -0.05) is 0 Å². The van der Waals surface area contributed by atoms with Crippen LogP contribution < -0.4 is 4.68 Å². The topological polar surface area (TPSA) is 8.81 Å². The first kappa shape index (κ1) is 6.89. The molecule has 0 aliphatic carbocycles. The first-order valence-electron chi connectivity index (χ1n) is 4.50. The zero-order valence-electron chi connectivity index (χ0n) is 7.08. The number of rotatable bonds is 1. The number of aryl methyl sites for hydroxylation is 2. The van der Waals surface area contributed by atoms with E-state index in [1.54, 1.807) is 0 Å². The fourth-order valence-electron chi connectivity index (χ4n) is 1.83. The number of fused-ring (bicyclic) bond motifs is 1. The molecule has 1 aliphatic rings. The number of nitrogens with zero attached hydrogens (tertiary/aromatic N) is 2. The van der Waals surface area contributed by atoms with E-state index in [4.69, 9.17) is 0 Å². The van der Waals surface area contributed by atoms with E-state index in [0.29, 0.717) is 0 Å². The molecule has 0 saturated heterocycles. The van der Waals surface area contributed by atoms with E-state index in [1.165, 1.54) is 31.5 Å². The van der Waals surface area contributed by atoms with Crippen LogP contribution in [0.4, 0.5) is 0 Å². The second-order valence-corrected chi connectivity index (χ2v) is 3.14. The van der Waals surface area contributed by atoms with Crippen molar-refractivity contribution in [3.05, 3.63) is 18.0 Å². The molecule has 0 N–H and O–H groups in total. The van der Waals surface area contributed by atoms with E-state index in [2.05, 4.69) is 28.6 Å². The summed E-state index contributed by atoms with van der Waals surface area (Å²) in [5.41, 5.74) is 1.51. The van der Waals surface area contributed by atoms with Crippen molar-refractivity contribution in [1.29, 1.82) is 0 Å². The average molecular weight is 151 g/mol. The smallest absolute Gasteiger partial charge is 0.158 e. The third kappa shape index (κ3) is 1.06. The SMILES string of the molecule is CC[n+]1ccc2n1CCCC2. The maximum atomic E-state index is 2.41. The lowest BCUT2D eigenvalue weighted by Crippen LogP contribution is -2.43. The second kappa shape index (κ2) is 2.68. The molecule has 1 aliphatic heterocycles. The molecule has 2 rings (SSSR count). The molecule has 1 aromatic heterocycles. The van der Waals surface area contributed by atoms with Gasteiger partial charge in [-0.25, -0.2) is 0 Å². The van der Waals surface area contributed by atoms with Gasteiger partial charge in [-0.15, -0.1) is 4.68 Å². The van der Waals surface area contributed by atoms with Crippen LogP contribution in [0.2, 0.25) is 0 Å². The van der Waals surface area contributed by atoms with Crippen LogP contribution >= 0.6 is 0 Å². The summed E-state index contributed by atoms with van der Waals surface area (Å²) in [6, 6.07) is 2.25. The van der Waals surface area contributed by atoms with Gasteiger partial charge in [0.2, 0.25) is 0 Å². The predicted octanol–water partition coefficient (Wildman–Crippen LogP) is 1.13. The average Bonchev–Trinajstić information content (AvgIpc) is 2.47. The zero-order chi connectivity index (χ0) is 7.68. The highest BCUT2D eigenvalue weighted by atomic mass is 15.4. The van der Waals surface area contributed by atoms with Crippen molar-refractivity contribution in [1.82, 2.24) is 4.68 Å². The molecule has 0 atom stereocenters. The number of hydrogen-bond donors (Lipinski definition) is 0. The molecule has 0 aromatic carbocycles. The lowest BCUT2D eigenvalue weighted by molar-refractivity contribution is -0.773. The molecule has 0 bridgehead atoms. The molecular weight excluding hydrogens is 136 g/mol. The highest BCUT2D eigenvalue weighted by Gasteiger charge is 2.16. The lowest BCUT2D eigenvalue weighted by Gasteiger charge is -2.11. The fourth-order valence-corrected chi connectivity index (χ4v) is 1.83. The van der Waals surface area contributed by atoms with Gasteiger partial charge in [0, 0.05) is 6.07 Å². The molecule has 1 aromatic rings. The molecule has 0 unspecified atom stereocenters. The van der Waals surface area contributed by atoms with E-state index in [-0.39, 0.29) is 0 Å². The van der Waals surface area contributed by atoms with Gasteiger partial charge in [0.05, 0.1) is 12.2 Å². The molecular formula is C9H15N2+. The Balaban J connectivity index is 2.38. The molecule has 11 heavy (non-hydrogen) atoms. The van der Waals surface area contributed by atoms with Crippen molar-refractivity contribution < 1.29 is 4.68 Å². The Bertz CT molecular complexity index is 237. The molecule has 0 spiro atoms. The summed E-state index contributed by atoms with van der Waals surface area (Å²) in [4.78, 5) is 0. The van der Waals surface area contributed by atoms with Gasteiger partial charge in [-0.05, 0) is 26.2 Å². The Morgan fingerprint density at radius 2 is 2.45 bits per heavy atom. The first-order valence-corrected chi connectivity index (χ1v) is 4.50. The van der Waals surface area contributed by atoms with Crippen molar-refractivity contribution in [2.24, 2.45) is 0 Å². The summed E-state index contributed by atoms with van der Waals surface area (Å²) >= 11 is 0. The van der Waals surface area contributed by atoms with Crippen molar-refractivity contribution in [2.45, 2.75) is 39.3 Å². The lowest BCUT2D eigenvalue weighted by atomic mass is 10.1. The molecule has 0 radical (unpaired) electrons. The van der Waals surface area contributed by atoms with Crippen molar-refractivity contribution >= 4 is 0 Å². The van der Waals surface area contributed by atoms with Crippen LogP contribution in [0.3, 0.4) is 0 Å². The molecule has 60 valence electrons. The molecule has 0 amide bonds. The van der Waals surface area contributed by atoms with Crippen LogP contribution in [0.5, 0.6) is 0 Å². The minimum Gasteiger partial charge on any atom is -0.158 e. The third-order valence-corrected chi connectivity index (χ3v) is 2.46. The zero-order valence-corrected chi connectivity index (χ0v) is 7.08. The normalized spacial score (nSPS) is 16.5. The van der Waals surface area contributed by atoms with E-state index in [9.17, 15) is 0 Å². The largest absolute Gasteiger partial charge is 0.195 e. The van der Waals surface area contributed by atoms with Crippen LogP contribution in [0.1, 0.15) is 25.5 Å². The standard InChI is InChI=1S/C9H15N2/c1-2-10-8-6-9-5-3-4-7-11(9)10/h6,8H,2-5,7H2,1H3/q+1. The quantitative estimate of drug-likeness (QED) is 0.532.